The average Bonchev–Trinajstić information content (AvgIpc) is 2.51. The molecule has 0 saturated carbocycles. The Morgan fingerprint density at radius 3 is 2.53 bits per heavy atom. The summed E-state index contributed by atoms with van der Waals surface area (Å²) in [5, 5.41) is 0. The van der Waals surface area contributed by atoms with Crippen LogP contribution in [0.1, 0.15) is 27.2 Å². The van der Waals surface area contributed by atoms with E-state index in [4.69, 9.17) is 8.92 Å². The number of cyclic esters (lactones) is 1. The Morgan fingerprint density at radius 1 is 1.53 bits per heavy atom. The highest BCUT2D eigenvalue weighted by atomic mass is 32.2. The third-order valence-electron chi connectivity index (χ3n) is 2.54. The van der Waals surface area contributed by atoms with Crippen molar-refractivity contribution >= 4 is 16.1 Å². The van der Waals surface area contributed by atoms with Crippen LogP contribution in [-0.2, 0) is 23.8 Å². The van der Waals surface area contributed by atoms with Crippen LogP contribution in [0.25, 0.3) is 0 Å². The normalized spacial score (nSPS) is 22.9. The predicted molar refractivity (Wildman–Crippen MR) is 53.7 cm³/mol. The second kappa shape index (κ2) is 4.09. The molecular formula is C9H16O5S. The smallest absolute Gasteiger partial charge is 0.306 e. The van der Waals surface area contributed by atoms with Gasteiger partial charge in [0.1, 0.15) is 0 Å². The minimum atomic E-state index is -3.50. The van der Waals surface area contributed by atoms with Gasteiger partial charge in [-0.2, -0.15) is 8.42 Å². The Bertz CT molecular complexity index is 344. The molecule has 0 radical (unpaired) electrons. The number of rotatable bonds is 4. The van der Waals surface area contributed by atoms with Crippen LogP contribution >= 0.6 is 0 Å². The summed E-state index contributed by atoms with van der Waals surface area (Å²) in [7, 11) is -3.50. The van der Waals surface area contributed by atoms with Crippen LogP contribution in [0.2, 0.25) is 0 Å². The summed E-state index contributed by atoms with van der Waals surface area (Å²) in [6.45, 7) is 5.06. The van der Waals surface area contributed by atoms with Gasteiger partial charge in [-0.3, -0.25) is 8.98 Å². The van der Waals surface area contributed by atoms with Crippen LogP contribution < -0.4 is 0 Å². The van der Waals surface area contributed by atoms with Crippen molar-refractivity contribution in [1.29, 1.82) is 0 Å². The van der Waals surface area contributed by atoms with E-state index in [1.165, 1.54) is 6.92 Å². The first kappa shape index (κ1) is 12.4. The lowest BCUT2D eigenvalue weighted by Crippen LogP contribution is -2.37. The van der Waals surface area contributed by atoms with Crippen molar-refractivity contribution < 1.29 is 22.1 Å². The SMILES string of the molecule is CCS(=O)(=O)OC(C)(C)C1COC(=O)C1. The molecule has 1 atom stereocenters. The van der Waals surface area contributed by atoms with Crippen LogP contribution in [-0.4, -0.2) is 32.3 Å². The standard InChI is InChI=1S/C9H16O5S/c1-4-15(11,12)14-9(2,3)7-5-8(10)13-6-7/h7H,4-6H2,1-3H3. The molecule has 1 aliphatic rings. The Balaban J connectivity index is 2.71. The number of ether oxygens (including phenoxy) is 1. The number of hydrogen-bond acceptors (Lipinski definition) is 5. The fourth-order valence-corrected chi connectivity index (χ4v) is 2.32. The van der Waals surface area contributed by atoms with Gasteiger partial charge in [-0.05, 0) is 20.8 Å². The van der Waals surface area contributed by atoms with Gasteiger partial charge in [0.15, 0.2) is 0 Å². The van der Waals surface area contributed by atoms with Crippen molar-refractivity contribution in [3.05, 3.63) is 0 Å². The molecular weight excluding hydrogens is 220 g/mol. The van der Waals surface area contributed by atoms with Gasteiger partial charge >= 0.3 is 5.97 Å². The molecule has 6 heteroatoms. The highest BCUT2D eigenvalue weighted by Gasteiger charge is 2.40. The van der Waals surface area contributed by atoms with Crippen LogP contribution in [0.5, 0.6) is 0 Å². The molecule has 0 aromatic heterocycles. The molecule has 0 spiro atoms. The number of carbonyl (C=O) groups is 1. The van der Waals surface area contributed by atoms with E-state index in [2.05, 4.69) is 0 Å². The van der Waals surface area contributed by atoms with Crippen molar-refractivity contribution in [3.63, 3.8) is 0 Å². The zero-order chi connectivity index (χ0) is 11.7. The van der Waals surface area contributed by atoms with E-state index in [0.717, 1.165) is 0 Å². The summed E-state index contributed by atoms with van der Waals surface area (Å²) in [5.41, 5.74) is -0.888. The number of hydrogen-bond donors (Lipinski definition) is 0. The van der Waals surface area contributed by atoms with Crippen molar-refractivity contribution in [2.24, 2.45) is 5.92 Å². The summed E-state index contributed by atoms with van der Waals surface area (Å²) in [5.74, 6) is -0.574. The third kappa shape index (κ3) is 3.17. The van der Waals surface area contributed by atoms with E-state index in [9.17, 15) is 13.2 Å². The molecule has 0 amide bonds. The number of carbonyl (C=O) groups excluding carboxylic acids is 1. The summed E-state index contributed by atoms with van der Waals surface area (Å²) < 4.78 is 32.4. The largest absolute Gasteiger partial charge is 0.465 e. The summed E-state index contributed by atoms with van der Waals surface area (Å²) >= 11 is 0. The molecule has 1 heterocycles. The lowest BCUT2D eigenvalue weighted by atomic mass is 9.90. The quantitative estimate of drug-likeness (QED) is 0.530. The van der Waals surface area contributed by atoms with Gasteiger partial charge in [-0.25, -0.2) is 0 Å². The van der Waals surface area contributed by atoms with Crippen molar-refractivity contribution in [1.82, 2.24) is 0 Å². The van der Waals surface area contributed by atoms with Gasteiger partial charge in [0, 0.05) is 5.92 Å². The average molecular weight is 236 g/mol. The topological polar surface area (TPSA) is 69.7 Å². The lowest BCUT2D eigenvalue weighted by molar-refractivity contribution is -0.137. The monoisotopic (exact) mass is 236 g/mol. The van der Waals surface area contributed by atoms with E-state index in [1.54, 1.807) is 13.8 Å². The summed E-state index contributed by atoms with van der Waals surface area (Å²) in [4.78, 5) is 10.9. The molecule has 1 fully saturated rings. The van der Waals surface area contributed by atoms with Gasteiger partial charge in [-0.1, -0.05) is 0 Å². The number of esters is 1. The summed E-state index contributed by atoms with van der Waals surface area (Å²) in [6, 6.07) is 0. The van der Waals surface area contributed by atoms with E-state index in [-0.39, 0.29) is 30.7 Å². The predicted octanol–water partition coefficient (Wildman–Crippen LogP) is 0.694. The molecule has 1 rings (SSSR count). The van der Waals surface area contributed by atoms with Crippen molar-refractivity contribution in [3.8, 4) is 0 Å². The van der Waals surface area contributed by atoms with Crippen molar-refractivity contribution in [2.45, 2.75) is 32.8 Å². The van der Waals surface area contributed by atoms with Gasteiger partial charge in [0.05, 0.1) is 24.4 Å². The van der Waals surface area contributed by atoms with Gasteiger partial charge in [0.25, 0.3) is 10.1 Å². The van der Waals surface area contributed by atoms with Gasteiger partial charge in [-0.15, -0.1) is 0 Å². The zero-order valence-corrected chi connectivity index (χ0v) is 9.96. The minimum absolute atomic E-state index is 0.0715. The van der Waals surface area contributed by atoms with Gasteiger partial charge in [0.2, 0.25) is 0 Å². The van der Waals surface area contributed by atoms with Crippen LogP contribution in [0.3, 0.4) is 0 Å². The third-order valence-corrected chi connectivity index (χ3v) is 3.93. The fraction of sp³-hybridized carbons (Fsp3) is 0.889. The van der Waals surface area contributed by atoms with E-state index in [0.29, 0.717) is 0 Å². The fourth-order valence-electron chi connectivity index (χ4n) is 1.41. The molecule has 0 N–H and O–H groups in total. The Morgan fingerprint density at radius 2 is 2.13 bits per heavy atom. The van der Waals surface area contributed by atoms with E-state index < -0.39 is 15.7 Å². The second-order valence-corrected chi connectivity index (χ2v) is 5.98. The molecule has 15 heavy (non-hydrogen) atoms. The highest BCUT2D eigenvalue weighted by Crippen LogP contribution is 2.30. The Hall–Kier alpha value is -0.620. The first-order chi connectivity index (χ1) is 6.77. The molecule has 0 aromatic carbocycles. The van der Waals surface area contributed by atoms with Crippen LogP contribution in [0.4, 0.5) is 0 Å². The zero-order valence-electron chi connectivity index (χ0n) is 9.15. The Kier molecular flexibility index (Phi) is 3.40. The van der Waals surface area contributed by atoms with Crippen molar-refractivity contribution in [2.75, 3.05) is 12.4 Å². The maximum atomic E-state index is 11.3. The lowest BCUT2D eigenvalue weighted by Gasteiger charge is -2.28. The maximum Gasteiger partial charge on any atom is 0.306 e. The minimum Gasteiger partial charge on any atom is -0.465 e. The second-order valence-electron chi connectivity index (χ2n) is 4.12. The molecule has 1 aliphatic heterocycles. The highest BCUT2D eigenvalue weighted by molar-refractivity contribution is 7.86. The van der Waals surface area contributed by atoms with Crippen LogP contribution in [0.15, 0.2) is 0 Å². The maximum absolute atomic E-state index is 11.3. The first-order valence-electron chi connectivity index (χ1n) is 4.86. The van der Waals surface area contributed by atoms with Gasteiger partial charge < -0.3 is 4.74 Å². The molecule has 1 saturated heterocycles. The van der Waals surface area contributed by atoms with Crippen LogP contribution in [0, 0.1) is 5.92 Å². The molecule has 5 nitrogen and oxygen atoms in total. The molecule has 1 unspecified atom stereocenters. The molecule has 0 bridgehead atoms. The molecule has 0 aromatic rings. The van der Waals surface area contributed by atoms with E-state index in [1.807, 2.05) is 0 Å². The molecule has 88 valence electrons. The summed E-state index contributed by atoms with van der Waals surface area (Å²) in [6.07, 6.45) is 0.215. The first-order valence-corrected chi connectivity index (χ1v) is 6.43. The molecule has 0 aliphatic carbocycles. The van der Waals surface area contributed by atoms with E-state index >= 15 is 0 Å². The Labute approximate surface area is 89.9 Å².